The fourth-order valence-corrected chi connectivity index (χ4v) is 2.43. The minimum absolute atomic E-state index is 0.159. The molecule has 0 bridgehead atoms. The largest absolute Gasteiger partial charge is 0.508 e. The highest BCUT2D eigenvalue weighted by atomic mass is 16.5. The van der Waals surface area contributed by atoms with Crippen LogP contribution in [0.5, 0.6) is 11.5 Å². The second kappa shape index (κ2) is 7.70. The maximum absolute atomic E-state index is 10.2. The fraction of sp³-hybridized carbons (Fsp3) is 0.474. The lowest BCUT2D eigenvalue weighted by Crippen LogP contribution is -2.19. The van der Waals surface area contributed by atoms with Gasteiger partial charge in [0.25, 0.3) is 0 Å². The van der Waals surface area contributed by atoms with Crippen molar-refractivity contribution >= 4 is 5.82 Å². The average Bonchev–Trinajstić information content (AvgIpc) is 2.54. The molecule has 1 aromatic carbocycles. The van der Waals surface area contributed by atoms with Gasteiger partial charge in [0.1, 0.15) is 23.1 Å². The van der Waals surface area contributed by atoms with Gasteiger partial charge in [0.05, 0.1) is 25.5 Å². The summed E-state index contributed by atoms with van der Waals surface area (Å²) in [6, 6.07) is 6.88. The number of rotatable bonds is 6. The highest BCUT2D eigenvalue weighted by molar-refractivity contribution is 5.46. The number of nitrogens with one attached hydrogen (secondary N) is 1. The van der Waals surface area contributed by atoms with E-state index >= 15 is 0 Å². The topological polar surface area (TPSA) is 76.5 Å². The molecule has 0 aliphatic heterocycles. The van der Waals surface area contributed by atoms with E-state index in [0.717, 1.165) is 17.1 Å². The lowest BCUT2D eigenvalue weighted by Gasteiger charge is -2.21. The first-order valence-corrected chi connectivity index (χ1v) is 8.25. The molecule has 2 N–H and O–H groups in total. The molecular weight excluding hydrogens is 318 g/mol. The van der Waals surface area contributed by atoms with Crippen LogP contribution in [0.3, 0.4) is 0 Å². The molecule has 6 nitrogen and oxygen atoms in total. The van der Waals surface area contributed by atoms with Crippen LogP contribution in [-0.2, 0) is 16.8 Å². The van der Waals surface area contributed by atoms with Gasteiger partial charge >= 0.3 is 0 Å². The number of benzene rings is 1. The van der Waals surface area contributed by atoms with Crippen LogP contribution in [0, 0.1) is 0 Å². The fourth-order valence-electron chi connectivity index (χ4n) is 2.43. The van der Waals surface area contributed by atoms with Crippen LogP contribution in [0.4, 0.5) is 5.82 Å². The van der Waals surface area contributed by atoms with Crippen LogP contribution < -0.4 is 10.1 Å². The number of hydrogen-bond acceptors (Lipinski definition) is 6. The predicted molar refractivity (Wildman–Crippen MR) is 98.1 cm³/mol. The maximum atomic E-state index is 10.2. The summed E-state index contributed by atoms with van der Waals surface area (Å²) in [5.41, 5.74) is 1.37. The number of phenolic OH excluding ortho intramolecular Hbond substituents is 1. The van der Waals surface area contributed by atoms with Crippen LogP contribution in [0.25, 0.3) is 0 Å². The Labute approximate surface area is 149 Å². The highest BCUT2D eigenvalue weighted by Crippen LogP contribution is 2.30. The van der Waals surface area contributed by atoms with Gasteiger partial charge < -0.3 is 19.9 Å². The Morgan fingerprint density at radius 3 is 2.48 bits per heavy atom. The van der Waals surface area contributed by atoms with Crippen molar-refractivity contribution < 1.29 is 14.6 Å². The first kappa shape index (κ1) is 19.0. The molecule has 1 aromatic heterocycles. The minimum atomic E-state index is -0.179. The molecule has 2 rings (SSSR count). The van der Waals surface area contributed by atoms with Gasteiger partial charge in [0.15, 0.2) is 0 Å². The molecule has 1 heterocycles. The van der Waals surface area contributed by atoms with E-state index in [1.54, 1.807) is 26.4 Å². The molecule has 6 heteroatoms. The second-order valence-corrected chi connectivity index (χ2v) is 7.04. The van der Waals surface area contributed by atoms with Crippen molar-refractivity contribution in [2.75, 3.05) is 19.5 Å². The van der Waals surface area contributed by atoms with Crippen LogP contribution in [0.1, 0.15) is 50.8 Å². The maximum Gasteiger partial charge on any atom is 0.136 e. The monoisotopic (exact) mass is 345 g/mol. The smallest absolute Gasteiger partial charge is 0.136 e. The third-order valence-electron chi connectivity index (χ3n) is 3.81. The number of anilines is 1. The second-order valence-electron chi connectivity index (χ2n) is 7.04. The zero-order chi connectivity index (χ0) is 18.6. The van der Waals surface area contributed by atoms with Crippen molar-refractivity contribution in [3.05, 3.63) is 41.3 Å². The Bertz CT molecular complexity index is 726. The van der Waals surface area contributed by atoms with Crippen molar-refractivity contribution in [2.45, 2.75) is 45.8 Å². The summed E-state index contributed by atoms with van der Waals surface area (Å²) in [5.74, 6) is 2.34. The molecule has 1 unspecified atom stereocenters. The molecule has 0 amide bonds. The zero-order valence-electron chi connectivity index (χ0n) is 15.8. The van der Waals surface area contributed by atoms with E-state index < -0.39 is 0 Å². The van der Waals surface area contributed by atoms with Gasteiger partial charge in [-0.1, -0.05) is 20.8 Å². The quantitative estimate of drug-likeness (QED) is 0.829. The Kier molecular flexibility index (Phi) is 5.85. The Morgan fingerprint density at radius 2 is 1.88 bits per heavy atom. The summed E-state index contributed by atoms with van der Waals surface area (Å²) in [6.45, 7) is 8.59. The van der Waals surface area contributed by atoms with E-state index in [-0.39, 0.29) is 17.2 Å². The molecule has 0 fully saturated rings. The van der Waals surface area contributed by atoms with E-state index in [9.17, 15) is 5.11 Å². The van der Waals surface area contributed by atoms with Crippen molar-refractivity contribution in [1.29, 1.82) is 0 Å². The van der Waals surface area contributed by atoms with E-state index in [4.69, 9.17) is 9.47 Å². The number of hydrogen-bond donors (Lipinski definition) is 2. The van der Waals surface area contributed by atoms with E-state index in [1.165, 1.54) is 0 Å². The summed E-state index contributed by atoms with van der Waals surface area (Å²) < 4.78 is 10.5. The molecule has 136 valence electrons. The van der Waals surface area contributed by atoms with Crippen molar-refractivity contribution in [3.8, 4) is 11.5 Å². The van der Waals surface area contributed by atoms with Crippen LogP contribution in [-0.4, -0.2) is 29.3 Å². The number of phenols is 1. The predicted octanol–water partition coefficient (Wildman–Crippen LogP) is 3.81. The number of nitrogens with zero attached hydrogens (tertiary/aromatic N) is 2. The van der Waals surface area contributed by atoms with Crippen LogP contribution >= 0.6 is 0 Å². The molecule has 2 aromatic rings. The highest BCUT2D eigenvalue weighted by Gasteiger charge is 2.20. The van der Waals surface area contributed by atoms with Gasteiger partial charge in [-0.3, -0.25) is 0 Å². The van der Waals surface area contributed by atoms with Crippen molar-refractivity contribution in [1.82, 2.24) is 9.97 Å². The number of methoxy groups -OCH3 is 2. The molecule has 0 saturated carbocycles. The van der Waals surface area contributed by atoms with Gasteiger partial charge in [-0.15, -0.1) is 0 Å². The molecule has 0 radical (unpaired) electrons. The van der Waals surface area contributed by atoms with Crippen molar-refractivity contribution in [2.24, 2.45) is 0 Å². The first-order chi connectivity index (χ1) is 11.7. The molecule has 0 spiro atoms. The Hall–Kier alpha value is -2.34. The lowest BCUT2D eigenvalue weighted by atomic mass is 9.95. The van der Waals surface area contributed by atoms with Gasteiger partial charge in [0.2, 0.25) is 0 Å². The molecule has 0 aliphatic carbocycles. The molecule has 0 saturated heterocycles. The van der Waals surface area contributed by atoms with Gasteiger partial charge in [0, 0.05) is 24.2 Å². The van der Waals surface area contributed by atoms with Crippen molar-refractivity contribution in [3.63, 3.8) is 0 Å². The van der Waals surface area contributed by atoms with E-state index in [0.29, 0.717) is 18.2 Å². The van der Waals surface area contributed by atoms with E-state index in [1.807, 2.05) is 19.1 Å². The standard InChI is InChI=1S/C19H27N3O3/c1-12(15-10-14(25-6)7-8-16(15)23)20-17-9-13(11-24-5)21-18(22-17)19(2,3)4/h7-10,12,23H,11H2,1-6H3,(H,20,21,22). The van der Waals surface area contributed by atoms with Gasteiger partial charge in [-0.25, -0.2) is 9.97 Å². The Balaban J connectivity index is 2.34. The first-order valence-electron chi connectivity index (χ1n) is 8.25. The molecular formula is C19H27N3O3. The number of ether oxygens (including phenoxy) is 2. The van der Waals surface area contributed by atoms with E-state index in [2.05, 4.69) is 36.1 Å². The van der Waals surface area contributed by atoms with Crippen LogP contribution in [0.15, 0.2) is 24.3 Å². The summed E-state index contributed by atoms with van der Waals surface area (Å²) >= 11 is 0. The lowest BCUT2D eigenvalue weighted by molar-refractivity contribution is 0.181. The third kappa shape index (κ3) is 4.82. The molecule has 0 aliphatic rings. The number of aromatic hydroxyl groups is 1. The van der Waals surface area contributed by atoms with Gasteiger partial charge in [-0.2, -0.15) is 0 Å². The van der Waals surface area contributed by atoms with Crippen LogP contribution in [0.2, 0.25) is 0 Å². The van der Waals surface area contributed by atoms with Gasteiger partial charge in [-0.05, 0) is 25.1 Å². The SMILES string of the molecule is COCc1cc(NC(C)c2cc(OC)ccc2O)nc(C(C)(C)C)n1. The zero-order valence-corrected chi connectivity index (χ0v) is 15.8. The summed E-state index contributed by atoms with van der Waals surface area (Å²) in [7, 11) is 3.24. The summed E-state index contributed by atoms with van der Waals surface area (Å²) in [6.07, 6.45) is 0. The normalized spacial score (nSPS) is 12.7. The third-order valence-corrected chi connectivity index (χ3v) is 3.81. The average molecular weight is 345 g/mol. The molecule has 1 atom stereocenters. The molecule has 25 heavy (non-hydrogen) atoms. The summed E-state index contributed by atoms with van der Waals surface area (Å²) in [5, 5.41) is 13.5. The summed E-state index contributed by atoms with van der Waals surface area (Å²) in [4.78, 5) is 9.21. The Morgan fingerprint density at radius 1 is 1.16 bits per heavy atom. The number of aromatic nitrogens is 2. The minimum Gasteiger partial charge on any atom is -0.508 e.